The van der Waals surface area contributed by atoms with Crippen molar-refractivity contribution in [1.29, 1.82) is 0 Å². The second-order valence-electron chi connectivity index (χ2n) is 11.4. The van der Waals surface area contributed by atoms with Gasteiger partial charge in [0.2, 0.25) is 11.8 Å². The van der Waals surface area contributed by atoms with Gasteiger partial charge in [0.15, 0.2) is 0 Å². The van der Waals surface area contributed by atoms with Gasteiger partial charge < -0.3 is 19.6 Å². The van der Waals surface area contributed by atoms with E-state index in [0.29, 0.717) is 19.4 Å². The van der Waals surface area contributed by atoms with Crippen LogP contribution in [0.5, 0.6) is 0 Å². The van der Waals surface area contributed by atoms with Gasteiger partial charge >= 0.3 is 5.97 Å². The van der Waals surface area contributed by atoms with Crippen molar-refractivity contribution in [3.63, 3.8) is 0 Å². The number of hydrogen-bond acceptors (Lipinski definition) is 6. The van der Waals surface area contributed by atoms with Crippen LogP contribution < -0.4 is 0 Å². The van der Waals surface area contributed by atoms with Gasteiger partial charge in [-0.3, -0.25) is 14.4 Å². The normalized spacial score (nSPS) is 31.8. The third kappa shape index (κ3) is 5.25. The van der Waals surface area contributed by atoms with Crippen LogP contribution in [0.4, 0.5) is 0 Å². The number of thioether (sulfide) groups is 1. The SMILES string of the molecule is C=CCCOC(=O)[C@@H]1[C@@H]2CC(C)C3(S2)C(C(=O)N(CC=C)C(C)CCC)N([C@@H](CO)CC(C)C)C(=O)[C@H]13. The summed E-state index contributed by atoms with van der Waals surface area (Å²) in [6.45, 7) is 18.3. The average Bonchev–Trinajstić information content (AvgIpc) is 3.44. The summed E-state index contributed by atoms with van der Waals surface area (Å²) in [7, 11) is 0. The van der Waals surface area contributed by atoms with Crippen LogP contribution in [-0.2, 0) is 19.1 Å². The molecular formula is C29H46N2O5S. The van der Waals surface area contributed by atoms with E-state index in [0.717, 1.165) is 19.3 Å². The number of fused-ring (bicyclic) bond motifs is 1. The summed E-state index contributed by atoms with van der Waals surface area (Å²) >= 11 is 1.65. The summed E-state index contributed by atoms with van der Waals surface area (Å²) in [5.41, 5.74) is 0. The van der Waals surface area contributed by atoms with Crippen LogP contribution in [-0.4, -0.2) is 80.6 Å². The minimum atomic E-state index is -0.740. The van der Waals surface area contributed by atoms with E-state index in [1.807, 2.05) is 11.8 Å². The van der Waals surface area contributed by atoms with Crippen LogP contribution in [0.1, 0.15) is 66.7 Å². The molecule has 1 N–H and O–H groups in total. The number of nitrogens with zero attached hydrogens (tertiary/aromatic N) is 2. The Morgan fingerprint density at radius 1 is 1.30 bits per heavy atom. The van der Waals surface area contributed by atoms with Gasteiger partial charge in [-0.15, -0.1) is 24.9 Å². The molecule has 0 saturated carbocycles. The highest BCUT2D eigenvalue weighted by molar-refractivity contribution is 8.02. The summed E-state index contributed by atoms with van der Waals surface area (Å²) in [5.74, 6) is -1.57. The van der Waals surface area contributed by atoms with Crippen molar-refractivity contribution in [3.8, 4) is 0 Å². The van der Waals surface area contributed by atoms with Crippen molar-refractivity contribution < 1.29 is 24.2 Å². The first-order valence-electron chi connectivity index (χ1n) is 13.9. The van der Waals surface area contributed by atoms with Gasteiger partial charge in [-0.25, -0.2) is 0 Å². The summed E-state index contributed by atoms with van der Waals surface area (Å²) in [6.07, 6.45) is 7.10. The molecule has 0 aromatic rings. The molecule has 3 fully saturated rings. The van der Waals surface area contributed by atoms with Crippen molar-refractivity contribution in [1.82, 2.24) is 9.80 Å². The maximum atomic E-state index is 14.5. The monoisotopic (exact) mass is 534 g/mol. The minimum absolute atomic E-state index is 0.0147. The number of rotatable bonds is 14. The van der Waals surface area contributed by atoms with E-state index in [1.54, 1.807) is 28.8 Å². The minimum Gasteiger partial charge on any atom is -0.465 e. The average molecular weight is 535 g/mol. The van der Waals surface area contributed by atoms with Gasteiger partial charge in [-0.2, -0.15) is 0 Å². The molecule has 2 amide bonds. The molecule has 3 saturated heterocycles. The molecule has 0 radical (unpaired) electrons. The van der Waals surface area contributed by atoms with Crippen LogP contribution in [0.3, 0.4) is 0 Å². The molecule has 0 aromatic carbocycles. The predicted molar refractivity (Wildman–Crippen MR) is 148 cm³/mol. The Hall–Kier alpha value is -1.80. The molecule has 0 aliphatic carbocycles. The van der Waals surface area contributed by atoms with Crippen LogP contribution >= 0.6 is 11.8 Å². The quantitative estimate of drug-likeness (QED) is 0.206. The number of carbonyl (C=O) groups excluding carboxylic acids is 3. The third-order valence-electron chi connectivity index (χ3n) is 8.45. The molecule has 2 bridgehead atoms. The van der Waals surface area contributed by atoms with Crippen molar-refractivity contribution >= 4 is 29.5 Å². The zero-order chi connectivity index (χ0) is 27.5. The van der Waals surface area contributed by atoms with Crippen LogP contribution in [0, 0.1) is 23.7 Å². The number of amides is 2. The maximum Gasteiger partial charge on any atom is 0.310 e. The lowest BCUT2D eigenvalue weighted by Gasteiger charge is -2.43. The number of esters is 1. The number of aliphatic hydroxyl groups is 1. The molecule has 208 valence electrons. The Balaban J connectivity index is 2.11. The van der Waals surface area contributed by atoms with E-state index >= 15 is 0 Å². The van der Waals surface area contributed by atoms with Gasteiger partial charge in [0.25, 0.3) is 0 Å². The van der Waals surface area contributed by atoms with Crippen molar-refractivity contribution in [2.45, 2.75) is 94.8 Å². The summed E-state index contributed by atoms with van der Waals surface area (Å²) < 4.78 is 4.87. The summed E-state index contributed by atoms with van der Waals surface area (Å²) in [4.78, 5) is 45.7. The van der Waals surface area contributed by atoms with Gasteiger partial charge in [-0.1, -0.05) is 46.3 Å². The summed E-state index contributed by atoms with van der Waals surface area (Å²) in [6, 6.07) is -1.24. The Bertz CT molecular complexity index is 878. The van der Waals surface area contributed by atoms with Gasteiger partial charge in [0.1, 0.15) is 6.04 Å². The lowest BCUT2D eigenvalue weighted by molar-refractivity contribution is -0.155. The maximum absolute atomic E-state index is 14.5. The Morgan fingerprint density at radius 2 is 2.00 bits per heavy atom. The molecule has 1 spiro atoms. The lowest BCUT2D eigenvalue weighted by atomic mass is 9.66. The molecular weight excluding hydrogens is 488 g/mol. The van der Waals surface area contributed by atoms with Crippen molar-refractivity contribution in [3.05, 3.63) is 25.3 Å². The number of carbonyl (C=O) groups is 3. The fourth-order valence-electron chi connectivity index (χ4n) is 6.92. The predicted octanol–water partition coefficient (Wildman–Crippen LogP) is 4.05. The number of ether oxygens (including phenoxy) is 1. The first-order chi connectivity index (χ1) is 17.6. The fourth-order valence-corrected chi connectivity index (χ4v) is 9.31. The van der Waals surface area contributed by atoms with Crippen molar-refractivity contribution in [2.24, 2.45) is 23.7 Å². The van der Waals surface area contributed by atoms with Gasteiger partial charge in [0, 0.05) is 17.8 Å². The zero-order valence-electron chi connectivity index (χ0n) is 23.2. The first kappa shape index (κ1) is 29.8. The van der Waals surface area contributed by atoms with Crippen LogP contribution in [0.25, 0.3) is 0 Å². The zero-order valence-corrected chi connectivity index (χ0v) is 24.0. The largest absolute Gasteiger partial charge is 0.465 e. The second-order valence-corrected chi connectivity index (χ2v) is 13.0. The first-order valence-corrected chi connectivity index (χ1v) is 14.8. The number of hydrogen-bond donors (Lipinski definition) is 1. The molecule has 37 heavy (non-hydrogen) atoms. The standard InChI is InChI=1S/C29H46N2O5S/c1-8-11-14-36-28(35)23-22-16-19(6)29(37-22)24(23)26(33)31(21(17-32)15-18(4)5)25(29)27(34)30(13-10-3)20(7)12-9-2/h8,10,18-25,32H,1,3,9,11-17H2,2,4-7H3/t19?,20?,21-,22+,23-,24+,25?,29?/m1/s1. The molecule has 8 atom stereocenters. The lowest BCUT2D eigenvalue weighted by Crippen LogP contribution is -2.60. The van der Waals surface area contributed by atoms with E-state index in [-0.39, 0.29) is 54.1 Å². The highest BCUT2D eigenvalue weighted by Crippen LogP contribution is 2.69. The van der Waals surface area contributed by atoms with E-state index in [4.69, 9.17) is 4.74 Å². The molecule has 3 aliphatic rings. The molecule has 3 heterocycles. The van der Waals surface area contributed by atoms with E-state index in [9.17, 15) is 19.5 Å². The number of aliphatic hydroxyl groups excluding tert-OH is 1. The van der Waals surface area contributed by atoms with E-state index in [2.05, 4.69) is 40.9 Å². The Kier molecular flexibility index (Phi) is 9.95. The Labute approximate surface area is 227 Å². The van der Waals surface area contributed by atoms with Crippen LogP contribution in [0.2, 0.25) is 0 Å². The number of likely N-dealkylation sites (tertiary alicyclic amines) is 1. The van der Waals surface area contributed by atoms with E-state index < -0.39 is 28.7 Å². The topological polar surface area (TPSA) is 87.2 Å². The molecule has 3 rings (SSSR count). The second kappa shape index (κ2) is 12.4. The highest BCUT2D eigenvalue weighted by atomic mass is 32.2. The smallest absolute Gasteiger partial charge is 0.310 e. The van der Waals surface area contributed by atoms with Gasteiger partial charge in [-0.05, 0) is 44.4 Å². The molecule has 7 nitrogen and oxygen atoms in total. The Morgan fingerprint density at radius 3 is 2.57 bits per heavy atom. The van der Waals surface area contributed by atoms with E-state index in [1.165, 1.54) is 0 Å². The molecule has 4 unspecified atom stereocenters. The van der Waals surface area contributed by atoms with Crippen LogP contribution in [0.15, 0.2) is 25.3 Å². The molecule has 3 aliphatic heterocycles. The molecule has 8 heteroatoms. The summed E-state index contributed by atoms with van der Waals surface area (Å²) in [5, 5.41) is 10.4. The fraction of sp³-hybridized carbons (Fsp3) is 0.759. The molecule has 0 aromatic heterocycles. The third-order valence-corrected chi connectivity index (χ3v) is 10.5. The van der Waals surface area contributed by atoms with Gasteiger partial charge in [0.05, 0.1) is 35.8 Å². The highest BCUT2D eigenvalue weighted by Gasteiger charge is 2.77. The van der Waals surface area contributed by atoms with Crippen molar-refractivity contribution in [2.75, 3.05) is 19.8 Å².